The van der Waals surface area contributed by atoms with Crippen LogP contribution in [0.3, 0.4) is 0 Å². The lowest BCUT2D eigenvalue weighted by atomic mass is 10.2. The van der Waals surface area contributed by atoms with E-state index in [0.717, 1.165) is 0 Å². The highest BCUT2D eigenvalue weighted by Gasteiger charge is 2.31. The summed E-state index contributed by atoms with van der Waals surface area (Å²) in [7, 11) is -5.12. The van der Waals surface area contributed by atoms with E-state index in [2.05, 4.69) is 0 Å². The second kappa shape index (κ2) is 10.2. The van der Waals surface area contributed by atoms with Crippen molar-refractivity contribution in [3.8, 4) is 5.75 Å². The van der Waals surface area contributed by atoms with Crippen molar-refractivity contribution in [2.24, 2.45) is 0 Å². The average molecular weight is 498 g/mol. The zero-order valence-corrected chi connectivity index (χ0v) is 20.3. The van der Waals surface area contributed by atoms with Crippen LogP contribution in [0.25, 0.3) is 0 Å². The molecule has 0 bridgehead atoms. The molecule has 2 aromatic carbocycles. The molecule has 1 amide bonds. The molecule has 33 heavy (non-hydrogen) atoms. The third-order valence-corrected chi connectivity index (χ3v) is 8.86. The van der Waals surface area contributed by atoms with E-state index in [1.165, 1.54) is 59.8 Å². The first-order chi connectivity index (χ1) is 15.6. The number of ether oxygens (including phenoxy) is 1. The molecule has 1 fully saturated rings. The Morgan fingerprint density at radius 3 is 2.18 bits per heavy atom. The van der Waals surface area contributed by atoms with Gasteiger partial charge in [-0.1, -0.05) is 10.5 Å². The van der Waals surface area contributed by atoms with E-state index in [1.807, 2.05) is 6.92 Å². The van der Waals surface area contributed by atoms with Gasteiger partial charge in [0.25, 0.3) is 15.9 Å². The fourth-order valence-electron chi connectivity index (χ4n) is 3.37. The van der Waals surface area contributed by atoms with E-state index in [-0.39, 0.29) is 47.4 Å². The maximum absolute atomic E-state index is 12.9. The Kier molecular flexibility index (Phi) is 7.75. The molecule has 0 aliphatic carbocycles. The summed E-state index contributed by atoms with van der Waals surface area (Å²) in [5, 5.41) is 0. The van der Waals surface area contributed by atoms with E-state index in [9.17, 15) is 21.6 Å². The lowest BCUT2D eigenvalue weighted by molar-refractivity contribution is -0.0258. The minimum Gasteiger partial charge on any atom is -0.494 e. The summed E-state index contributed by atoms with van der Waals surface area (Å²) in [5.74, 6) is 0.220. The van der Waals surface area contributed by atoms with Crippen LogP contribution in [0, 0.1) is 0 Å². The van der Waals surface area contributed by atoms with Gasteiger partial charge in [0, 0.05) is 38.8 Å². The monoisotopic (exact) mass is 497 g/mol. The molecule has 0 radical (unpaired) electrons. The van der Waals surface area contributed by atoms with Gasteiger partial charge in [-0.05, 0) is 49.4 Å². The Morgan fingerprint density at radius 2 is 1.61 bits per heavy atom. The second-order valence-electron chi connectivity index (χ2n) is 7.23. The van der Waals surface area contributed by atoms with E-state index >= 15 is 0 Å². The van der Waals surface area contributed by atoms with Crippen LogP contribution in [0.1, 0.15) is 17.3 Å². The van der Waals surface area contributed by atoms with E-state index in [0.29, 0.717) is 16.8 Å². The molecule has 180 valence electrons. The molecule has 10 nitrogen and oxygen atoms in total. The predicted molar refractivity (Wildman–Crippen MR) is 121 cm³/mol. The van der Waals surface area contributed by atoms with Crippen molar-refractivity contribution in [1.82, 2.24) is 13.7 Å². The second-order valence-corrected chi connectivity index (χ2v) is 11.1. The largest absolute Gasteiger partial charge is 0.494 e. The van der Waals surface area contributed by atoms with Gasteiger partial charge in [-0.3, -0.25) is 9.63 Å². The van der Waals surface area contributed by atoms with Crippen LogP contribution >= 0.6 is 0 Å². The smallest absolute Gasteiger partial charge is 0.264 e. The number of hydrogen-bond donors (Lipinski definition) is 0. The van der Waals surface area contributed by atoms with Crippen LogP contribution in [-0.2, 0) is 24.9 Å². The highest BCUT2D eigenvalue weighted by molar-refractivity contribution is 7.89. The highest BCUT2D eigenvalue weighted by Crippen LogP contribution is 2.22. The molecule has 1 saturated heterocycles. The Bertz CT molecular complexity index is 1190. The van der Waals surface area contributed by atoms with Crippen LogP contribution in [-0.4, -0.2) is 83.4 Å². The first-order valence-corrected chi connectivity index (χ1v) is 13.1. The maximum Gasteiger partial charge on any atom is 0.264 e. The van der Waals surface area contributed by atoms with Crippen LogP contribution in [0.4, 0.5) is 0 Å². The zero-order chi connectivity index (χ0) is 24.2. The van der Waals surface area contributed by atoms with Crippen molar-refractivity contribution in [2.75, 3.05) is 46.9 Å². The number of nitrogens with zero attached hydrogens (tertiary/aromatic N) is 3. The molecule has 1 heterocycles. The Labute approximate surface area is 194 Å². The van der Waals surface area contributed by atoms with Gasteiger partial charge < -0.3 is 9.64 Å². The molecular weight excluding hydrogens is 470 g/mol. The predicted octanol–water partition coefficient (Wildman–Crippen LogP) is 1.41. The van der Waals surface area contributed by atoms with Crippen molar-refractivity contribution in [2.45, 2.75) is 16.7 Å². The van der Waals surface area contributed by atoms with Crippen molar-refractivity contribution in [3.05, 3.63) is 54.1 Å². The fourth-order valence-corrected chi connectivity index (χ4v) is 5.82. The normalized spacial score (nSPS) is 15.6. The molecule has 0 saturated carbocycles. The number of carbonyl (C=O) groups excluding carboxylic acids is 1. The van der Waals surface area contributed by atoms with Crippen LogP contribution in [0.15, 0.2) is 58.3 Å². The van der Waals surface area contributed by atoms with E-state index in [1.54, 1.807) is 12.1 Å². The molecule has 0 unspecified atom stereocenters. The van der Waals surface area contributed by atoms with E-state index in [4.69, 9.17) is 9.57 Å². The van der Waals surface area contributed by atoms with Crippen molar-refractivity contribution >= 4 is 26.0 Å². The van der Waals surface area contributed by atoms with Crippen molar-refractivity contribution < 1.29 is 31.2 Å². The molecule has 2 aromatic rings. The number of rotatable bonds is 8. The lowest BCUT2D eigenvalue weighted by Crippen LogP contribution is -2.50. The van der Waals surface area contributed by atoms with Gasteiger partial charge in [0.15, 0.2) is 0 Å². The summed E-state index contributed by atoms with van der Waals surface area (Å²) in [6.07, 6.45) is 0. The topological polar surface area (TPSA) is 114 Å². The molecule has 0 aromatic heterocycles. The summed E-state index contributed by atoms with van der Waals surface area (Å²) in [6.45, 7) is 2.96. The SMILES string of the molecule is CCOc1ccc(S(=O)(=O)N2CCN(C(=O)c3cccc(S(=O)(=O)N(C)OC)c3)CC2)cc1. The number of amides is 1. The third-order valence-electron chi connectivity index (χ3n) is 5.27. The summed E-state index contributed by atoms with van der Waals surface area (Å²) in [6, 6.07) is 11.9. The van der Waals surface area contributed by atoms with Gasteiger partial charge in [0.2, 0.25) is 10.0 Å². The minimum atomic E-state index is -3.90. The van der Waals surface area contributed by atoms with Crippen molar-refractivity contribution in [3.63, 3.8) is 0 Å². The quantitative estimate of drug-likeness (QED) is 0.507. The molecule has 0 N–H and O–H groups in total. The molecule has 0 spiro atoms. The third kappa shape index (κ3) is 5.36. The van der Waals surface area contributed by atoms with Crippen LogP contribution in [0.5, 0.6) is 5.75 Å². The van der Waals surface area contributed by atoms with Crippen LogP contribution < -0.4 is 4.74 Å². The van der Waals surface area contributed by atoms with Gasteiger partial charge in [0.1, 0.15) is 5.75 Å². The Morgan fingerprint density at radius 1 is 0.970 bits per heavy atom. The molecular formula is C21H27N3O7S2. The number of carbonyl (C=O) groups is 1. The molecule has 0 atom stereocenters. The van der Waals surface area contributed by atoms with Gasteiger partial charge >= 0.3 is 0 Å². The molecule has 1 aliphatic rings. The maximum atomic E-state index is 12.9. The molecule has 1 aliphatic heterocycles. The highest BCUT2D eigenvalue weighted by atomic mass is 32.2. The van der Waals surface area contributed by atoms with Crippen molar-refractivity contribution in [1.29, 1.82) is 0 Å². The number of piperazine rings is 1. The summed E-state index contributed by atoms with van der Waals surface area (Å²) >= 11 is 0. The number of benzene rings is 2. The van der Waals surface area contributed by atoms with Gasteiger partial charge in [0.05, 0.1) is 23.5 Å². The molecule has 3 rings (SSSR count). The number of sulfonamides is 2. The van der Waals surface area contributed by atoms with E-state index < -0.39 is 20.0 Å². The summed E-state index contributed by atoms with van der Waals surface area (Å²) in [5.41, 5.74) is 0.198. The van der Waals surface area contributed by atoms with Gasteiger partial charge in [-0.15, -0.1) is 0 Å². The Hall–Kier alpha value is -2.51. The first kappa shape index (κ1) is 25.1. The summed E-state index contributed by atoms with van der Waals surface area (Å²) < 4.78 is 58.2. The number of hydrogen-bond acceptors (Lipinski definition) is 7. The number of hydroxylamine groups is 1. The fraction of sp³-hybridized carbons (Fsp3) is 0.381. The lowest BCUT2D eigenvalue weighted by Gasteiger charge is -2.34. The standard InChI is InChI=1S/C21H27N3O7S2/c1-4-31-18-8-10-19(11-9-18)33(28,29)24-14-12-23(13-15-24)21(25)17-6-5-7-20(16-17)32(26,27)22(2)30-3/h5-11,16H,4,12-15H2,1-3H3. The molecule has 12 heteroatoms. The van der Waals surface area contributed by atoms with Gasteiger partial charge in [-0.2, -0.15) is 4.31 Å². The average Bonchev–Trinajstić information content (AvgIpc) is 2.83. The Balaban J connectivity index is 1.70. The minimum absolute atomic E-state index is 0.0746. The van der Waals surface area contributed by atoms with Crippen LogP contribution in [0.2, 0.25) is 0 Å². The van der Waals surface area contributed by atoms with Gasteiger partial charge in [-0.25, -0.2) is 16.8 Å². The zero-order valence-electron chi connectivity index (χ0n) is 18.7. The summed E-state index contributed by atoms with van der Waals surface area (Å²) in [4.78, 5) is 19.3. The first-order valence-electron chi connectivity index (χ1n) is 10.3.